The van der Waals surface area contributed by atoms with E-state index in [1.54, 1.807) is 6.92 Å². The Bertz CT molecular complexity index is 862. The van der Waals surface area contributed by atoms with Crippen LogP contribution in [0, 0.1) is 6.92 Å². The zero-order valence-electron chi connectivity index (χ0n) is 16.2. The van der Waals surface area contributed by atoms with Crippen LogP contribution in [0.15, 0.2) is 18.2 Å². The van der Waals surface area contributed by atoms with Crippen LogP contribution in [0.5, 0.6) is 5.75 Å². The van der Waals surface area contributed by atoms with E-state index in [0.29, 0.717) is 17.7 Å². The van der Waals surface area contributed by atoms with E-state index >= 15 is 0 Å². The van der Waals surface area contributed by atoms with Crippen molar-refractivity contribution in [3.05, 3.63) is 29.5 Å². The van der Waals surface area contributed by atoms with Crippen molar-refractivity contribution in [2.24, 2.45) is 0 Å². The standard InChI is InChI=1S/C19H24F3N5O2/c1-11(10-28)27-7-3-4-14(9-27)24-18-23-12(2)17(25-26-18)15-6-5-13(8-16(15)29)19(20,21)22/h5-6,8,11,14,28-29H,3-4,7,9-10H2,1-2H3,(H,23,24,26)/t11-,14-/m1/s1. The lowest BCUT2D eigenvalue weighted by atomic mass is 10.0. The van der Waals surface area contributed by atoms with Crippen LogP contribution in [-0.4, -0.2) is 62.1 Å². The van der Waals surface area contributed by atoms with Gasteiger partial charge in [0, 0.05) is 24.2 Å². The molecule has 0 spiro atoms. The number of aliphatic hydroxyl groups is 1. The topological polar surface area (TPSA) is 94.4 Å². The van der Waals surface area contributed by atoms with Crippen molar-refractivity contribution >= 4 is 5.95 Å². The van der Waals surface area contributed by atoms with Gasteiger partial charge >= 0.3 is 6.18 Å². The van der Waals surface area contributed by atoms with Gasteiger partial charge in [0.1, 0.15) is 11.4 Å². The molecule has 0 bridgehead atoms. The molecule has 1 aliphatic rings. The summed E-state index contributed by atoms with van der Waals surface area (Å²) in [5.41, 5.74) is -0.132. The van der Waals surface area contributed by atoms with E-state index in [2.05, 4.69) is 25.4 Å². The van der Waals surface area contributed by atoms with E-state index in [1.807, 2.05) is 6.92 Å². The highest BCUT2D eigenvalue weighted by molar-refractivity contribution is 5.69. The molecule has 1 aliphatic heterocycles. The second-order valence-corrected chi connectivity index (χ2v) is 7.31. The number of aromatic hydroxyl groups is 1. The summed E-state index contributed by atoms with van der Waals surface area (Å²) in [6, 6.07) is 2.90. The molecule has 3 N–H and O–H groups in total. The molecule has 158 valence electrons. The third kappa shape index (κ3) is 4.94. The number of hydrogen-bond donors (Lipinski definition) is 3. The lowest BCUT2D eigenvalue weighted by molar-refractivity contribution is -0.137. The SMILES string of the molecule is Cc1nc(N[C@@H]2CCCN([C@H](C)CO)C2)nnc1-c1ccc(C(F)(F)F)cc1O. The van der Waals surface area contributed by atoms with E-state index in [1.165, 1.54) is 6.07 Å². The van der Waals surface area contributed by atoms with E-state index < -0.39 is 17.5 Å². The van der Waals surface area contributed by atoms with Crippen molar-refractivity contribution in [3.8, 4) is 17.0 Å². The molecule has 0 radical (unpaired) electrons. The first kappa shape index (κ1) is 21.3. The Kier molecular flexibility index (Phi) is 6.23. The summed E-state index contributed by atoms with van der Waals surface area (Å²) >= 11 is 0. The van der Waals surface area contributed by atoms with E-state index in [0.717, 1.165) is 32.0 Å². The first-order valence-corrected chi connectivity index (χ1v) is 9.42. The van der Waals surface area contributed by atoms with Gasteiger partial charge in [0.25, 0.3) is 0 Å². The van der Waals surface area contributed by atoms with Crippen molar-refractivity contribution in [2.75, 3.05) is 25.0 Å². The number of likely N-dealkylation sites (tertiary alicyclic amines) is 1. The number of phenolic OH excluding ortho intramolecular Hbond substituents is 1. The molecule has 7 nitrogen and oxygen atoms in total. The largest absolute Gasteiger partial charge is 0.507 e. The van der Waals surface area contributed by atoms with Gasteiger partial charge in [-0.1, -0.05) is 0 Å². The molecule has 2 aromatic rings. The van der Waals surface area contributed by atoms with Gasteiger partial charge in [-0.25, -0.2) is 4.98 Å². The number of piperidine rings is 1. The first-order valence-electron chi connectivity index (χ1n) is 9.42. The summed E-state index contributed by atoms with van der Waals surface area (Å²) in [7, 11) is 0. The maximum absolute atomic E-state index is 12.8. The Labute approximate surface area is 166 Å². The number of alkyl halides is 3. The second-order valence-electron chi connectivity index (χ2n) is 7.31. The minimum Gasteiger partial charge on any atom is -0.507 e. The normalized spacial score (nSPS) is 19.2. The molecule has 0 saturated carbocycles. The van der Waals surface area contributed by atoms with E-state index in [-0.39, 0.29) is 29.9 Å². The molecule has 1 fully saturated rings. The number of rotatable bonds is 5. The number of aromatic nitrogens is 3. The van der Waals surface area contributed by atoms with Crippen molar-refractivity contribution in [1.82, 2.24) is 20.1 Å². The molecule has 0 unspecified atom stereocenters. The molecule has 1 aromatic heterocycles. The smallest absolute Gasteiger partial charge is 0.416 e. The maximum Gasteiger partial charge on any atom is 0.416 e. The van der Waals surface area contributed by atoms with Gasteiger partial charge in [0.05, 0.1) is 17.9 Å². The molecular weight excluding hydrogens is 387 g/mol. The van der Waals surface area contributed by atoms with Gasteiger partial charge in [-0.05, 0) is 51.4 Å². The highest BCUT2D eigenvalue weighted by Gasteiger charge is 2.31. The highest BCUT2D eigenvalue weighted by atomic mass is 19.4. The van der Waals surface area contributed by atoms with E-state index in [9.17, 15) is 23.4 Å². The number of benzene rings is 1. The van der Waals surface area contributed by atoms with Crippen molar-refractivity contribution in [1.29, 1.82) is 0 Å². The minimum absolute atomic E-state index is 0.0744. The summed E-state index contributed by atoms with van der Waals surface area (Å²) in [6.07, 6.45) is -2.63. The van der Waals surface area contributed by atoms with Crippen LogP contribution in [-0.2, 0) is 6.18 Å². The molecule has 10 heteroatoms. The number of aryl methyl sites for hydroxylation is 1. The lowest BCUT2D eigenvalue weighted by Crippen LogP contribution is -2.47. The van der Waals surface area contributed by atoms with E-state index in [4.69, 9.17) is 0 Å². The summed E-state index contributed by atoms with van der Waals surface area (Å²) < 4.78 is 38.3. The van der Waals surface area contributed by atoms with Crippen LogP contribution in [0.1, 0.15) is 31.0 Å². The summed E-state index contributed by atoms with van der Waals surface area (Å²) in [6.45, 7) is 5.38. The minimum atomic E-state index is -4.54. The molecule has 1 aromatic carbocycles. The number of hydrogen-bond acceptors (Lipinski definition) is 7. The van der Waals surface area contributed by atoms with Crippen LogP contribution in [0.4, 0.5) is 19.1 Å². The molecule has 29 heavy (non-hydrogen) atoms. The van der Waals surface area contributed by atoms with Crippen molar-refractivity contribution in [2.45, 2.75) is 44.9 Å². The Morgan fingerprint density at radius 2 is 2.07 bits per heavy atom. The number of aliphatic hydroxyl groups excluding tert-OH is 1. The number of halogens is 3. The van der Waals surface area contributed by atoms with Gasteiger partial charge in [-0.2, -0.15) is 13.2 Å². The molecule has 3 rings (SSSR count). The van der Waals surface area contributed by atoms with Crippen LogP contribution in [0.25, 0.3) is 11.3 Å². The fourth-order valence-corrected chi connectivity index (χ4v) is 3.44. The Hall–Kier alpha value is -2.46. The first-order chi connectivity index (χ1) is 13.7. The quantitative estimate of drug-likeness (QED) is 0.697. The zero-order chi connectivity index (χ0) is 21.2. The number of nitrogens with zero attached hydrogens (tertiary/aromatic N) is 4. The predicted molar refractivity (Wildman–Crippen MR) is 101 cm³/mol. The maximum atomic E-state index is 12.8. The van der Waals surface area contributed by atoms with Crippen LogP contribution in [0.3, 0.4) is 0 Å². The van der Waals surface area contributed by atoms with Gasteiger partial charge in [0.15, 0.2) is 0 Å². The summed E-state index contributed by atoms with van der Waals surface area (Å²) in [5, 5.41) is 30.7. The van der Waals surface area contributed by atoms with Crippen LogP contribution >= 0.6 is 0 Å². The van der Waals surface area contributed by atoms with Gasteiger partial charge in [-0.15, -0.1) is 10.2 Å². The third-order valence-electron chi connectivity index (χ3n) is 5.11. The Morgan fingerprint density at radius 1 is 1.31 bits per heavy atom. The highest BCUT2D eigenvalue weighted by Crippen LogP contribution is 2.36. The zero-order valence-corrected chi connectivity index (χ0v) is 16.2. The van der Waals surface area contributed by atoms with Gasteiger partial charge < -0.3 is 15.5 Å². The predicted octanol–water partition coefficient (Wildman–Crippen LogP) is 2.83. The van der Waals surface area contributed by atoms with Crippen LogP contribution < -0.4 is 5.32 Å². The Morgan fingerprint density at radius 3 is 2.69 bits per heavy atom. The monoisotopic (exact) mass is 411 g/mol. The fraction of sp³-hybridized carbons (Fsp3) is 0.526. The number of anilines is 1. The number of nitrogens with one attached hydrogen (secondary N) is 1. The fourth-order valence-electron chi connectivity index (χ4n) is 3.44. The van der Waals surface area contributed by atoms with Crippen LogP contribution in [0.2, 0.25) is 0 Å². The Balaban J connectivity index is 1.75. The average molecular weight is 411 g/mol. The molecule has 2 atom stereocenters. The molecular formula is C19H24F3N5O2. The van der Waals surface area contributed by atoms with Crippen molar-refractivity contribution < 1.29 is 23.4 Å². The average Bonchev–Trinajstić information content (AvgIpc) is 2.67. The molecule has 0 amide bonds. The van der Waals surface area contributed by atoms with Crippen molar-refractivity contribution in [3.63, 3.8) is 0 Å². The number of phenols is 1. The second kappa shape index (κ2) is 8.50. The summed E-state index contributed by atoms with van der Waals surface area (Å²) in [4.78, 5) is 6.55. The molecule has 1 saturated heterocycles. The lowest BCUT2D eigenvalue weighted by Gasteiger charge is -2.36. The molecule has 0 aliphatic carbocycles. The summed E-state index contributed by atoms with van der Waals surface area (Å²) in [5.74, 6) is -0.207. The van der Waals surface area contributed by atoms with Gasteiger partial charge in [0.2, 0.25) is 5.95 Å². The van der Waals surface area contributed by atoms with Gasteiger partial charge in [-0.3, -0.25) is 4.90 Å². The molecule has 2 heterocycles. The third-order valence-corrected chi connectivity index (χ3v) is 5.11.